The quantitative estimate of drug-likeness (QED) is 0.634. The summed E-state index contributed by atoms with van der Waals surface area (Å²) in [6.07, 6.45) is 0. The molecular formula is C13H12O5P+. The highest BCUT2D eigenvalue weighted by atomic mass is 31.1. The van der Waals surface area contributed by atoms with Crippen molar-refractivity contribution in [3.63, 3.8) is 0 Å². The van der Waals surface area contributed by atoms with Gasteiger partial charge in [-0.2, -0.15) is 0 Å². The molecule has 0 bridgehead atoms. The van der Waals surface area contributed by atoms with Gasteiger partial charge in [0, 0.05) is 9.95 Å². The number of fused-ring (bicyclic) bond motifs is 1. The van der Waals surface area contributed by atoms with E-state index in [1.165, 1.54) is 14.2 Å². The fraction of sp³-hybridized carbons (Fsp3) is 0.154. The van der Waals surface area contributed by atoms with Crippen LogP contribution in [-0.4, -0.2) is 20.2 Å². The van der Waals surface area contributed by atoms with Crippen LogP contribution in [0.15, 0.2) is 36.4 Å². The molecule has 19 heavy (non-hydrogen) atoms. The molecule has 0 aliphatic carbocycles. The number of carbonyl (C=O) groups is 1. The van der Waals surface area contributed by atoms with Gasteiger partial charge in [-0.3, -0.25) is 0 Å². The first-order chi connectivity index (χ1) is 9.17. The van der Waals surface area contributed by atoms with E-state index in [2.05, 4.69) is 9.26 Å². The highest BCUT2D eigenvalue weighted by molar-refractivity contribution is 7.33. The van der Waals surface area contributed by atoms with Crippen LogP contribution in [-0.2, 0) is 13.8 Å². The highest BCUT2D eigenvalue weighted by Crippen LogP contribution is 2.36. The number of carbonyl (C=O) groups excluding carboxylic acids is 1. The van der Waals surface area contributed by atoms with Crippen molar-refractivity contribution >= 4 is 25.0 Å². The second-order valence-electron chi connectivity index (χ2n) is 3.65. The molecule has 0 radical (unpaired) electrons. The molecule has 2 aromatic carbocycles. The smallest absolute Gasteiger partial charge is 0.465 e. The molecule has 2 aromatic rings. The second-order valence-corrected chi connectivity index (χ2v) is 4.65. The van der Waals surface area contributed by atoms with Crippen molar-refractivity contribution < 1.29 is 23.1 Å². The number of ether oxygens (including phenoxy) is 1. The average Bonchev–Trinajstić information content (AvgIpc) is 2.46. The Labute approximate surface area is 111 Å². The van der Waals surface area contributed by atoms with Crippen molar-refractivity contribution in [2.24, 2.45) is 0 Å². The summed E-state index contributed by atoms with van der Waals surface area (Å²) in [5.41, 5.74) is 0.210. The van der Waals surface area contributed by atoms with Crippen LogP contribution < -0.4 is 4.52 Å². The molecule has 1 unspecified atom stereocenters. The van der Waals surface area contributed by atoms with Crippen LogP contribution in [0.2, 0.25) is 0 Å². The summed E-state index contributed by atoms with van der Waals surface area (Å²) in [6.45, 7) is 0. The van der Waals surface area contributed by atoms with E-state index >= 15 is 0 Å². The number of hydrogen-bond acceptors (Lipinski definition) is 5. The summed E-state index contributed by atoms with van der Waals surface area (Å²) in [5, 5.41) is 1.54. The van der Waals surface area contributed by atoms with E-state index in [4.69, 9.17) is 4.52 Å². The number of benzene rings is 2. The second kappa shape index (κ2) is 5.78. The van der Waals surface area contributed by atoms with Gasteiger partial charge >= 0.3 is 14.2 Å². The molecule has 0 fully saturated rings. The molecule has 0 saturated heterocycles. The van der Waals surface area contributed by atoms with E-state index in [-0.39, 0.29) is 11.3 Å². The fourth-order valence-corrected chi connectivity index (χ4v) is 2.14. The van der Waals surface area contributed by atoms with Gasteiger partial charge in [-0.1, -0.05) is 30.3 Å². The van der Waals surface area contributed by atoms with E-state index in [0.29, 0.717) is 5.39 Å². The maximum absolute atomic E-state index is 11.7. The molecule has 0 aromatic heterocycles. The number of hydrogen-bond donors (Lipinski definition) is 0. The largest absolute Gasteiger partial charge is 0.749 e. The van der Waals surface area contributed by atoms with Gasteiger partial charge in [0.05, 0.1) is 14.2 Å². The minimum atomic E-state index is -2.33. The van der Waals surface area contributed by atoms with Crippen molar-refractivity contribution in [2.75, 3.05) is 14.2 Å². The molecular weight excluding hydrogens is 267 g/mol. The van der Waals surface area contributed by atoms with E-state index in [0.717, 1.165) is 5.39 Å². The van der Waals surface area contributed by atoms with Crippen LogP contribution in [0, 0.1) is 0 Å². The summed E-state index contributed by atoms with van der Waals surface area (Å²) in [6, 6.07) is 10.6. The first-order valence-corrected chi connectivity index (χ1v) is 6.56. The van der Waals surface area contributed by atoms with Crippen molar-refractivity contribution in [2.45, 2.75) is 0 Å². The standard InChI is InChI=1S/C13H12O5P/c1-16-13(14)11-8-7-9-5-3-4-6-10(9)12(11)18-19(15)17-2/h3-8H,1-2H3/q+1. The van der Waals surface area contributed by atoms with Gasteiger partial charge in [-0.05, 0) is 11.5 Å². The lowest BCUT2D eigenvalue weighted by Crippen LogP contribution is -2.03. The fourth-order valence-electron chi connectivity index (χ4n) is 1.72. The molecule has 98 valence electrons. The van der Waals surface area contributed by atoms with E-state index in [1.54, 1.807) is 24.3 Å². The lowest BCUT2D eigenvalue weighted by Gasteiger charge is -2.06. The van der Waals surface area contributed by atoms with Crippen molar-refractivity contribution in [3.8, 4) is 5.75 Å². The summed E-state index contributed by atoms with van der Waals surface area (Å²) in [7, 11) is 0.209. The predicted octanol–water partition coefficient (Wildman–Crippen LogP) is 3.31. The first kappa shape index (κ1) is 13.5. The third-order valence-corrected chi connectivity index (χ3v) is 3.23. The van der Waals surface area contributed by atoms with Gasteiger partial charge in [0.15, 0.2) is 0 Å². The minimum absolute atomic E-state index is 0.202. The maximum Gasteiger partial charge on any atom is 0.749 e. The maximum atomic E-state index is 11.7. The van der Waals surface area contributed by atoms with Crippen LogP contribution >= 0.6 is 8.25 Å². The van der Waals surface area contributed by atoms with Gasteiger partial charge in [0.2, 0.25) is 5.75 Å². The average molecular weight is 279 g/mol. The monoisotopic (exact) mass is 279 g/mol. The SMILES string of the molecule is COC(=O)c1ccc2ccccc2c1O[P+](=O)OC. The van der Waals surface area contributed by atoms with Crippen LogP contribution in [0.25, 0.3) is 10.8 Å². The molecule has 2 rings (SSSR count). The molecule has 1 atom stereocenters. The van der Waals surface area contributed by atoms with Gasteiger partial charge in [0.25, 0.3) is 0 Å². The predicted molar refractivity (Wildman–Crippen MR) is 70.5 cm³/mol. The molecule has 6 heteroatoms. The lowest BCUT2D eigenvalue weighted by atomic mass is 10.1. The van der Waals surface area contributed by atoms with Crippen LogP contribution in [0.3, 0.4) is 0 Å². The molecule has 0 aliphatic heterocycles. The van der Waals surface area contributed by atoms with Crippen molar-refractivity contribution in [1.29, 1.82) is 0 Å². The number of esters is 1. The minimum Gasteiger partial charge on any atom is -0.465 e. The Bertz CT molecular complexity index is 638. The molecule has 0 saturated carbocycles. The lowest BCUT2D eigenvalue weighted by molar-refractivity contribution is 0.0599. The Morgan fingerprint density at radius 2 is 1.84 bits per heavy atom. The van der Waals surface area contributed by atoms with Crippen LogP contribution in [0.1, 0.15) is 10.4 Å². The molecule has 0 spiro atoms. The van der Waals surface area contributed by atoms with E-state index < -0.39 is 14.2 Å². The Morgan fingerprint density at radius 3 is 2.53 bits per heavy atom. The van der Waals surface area contributed by atoms with Gasteiger partial charge in [0.1, 0.15) is 5.56 Å². The third kappa shape index (κ3) is 2.72. The van der Waals surface area contributed by atoms with E-state index in [1.807, 2.05) is 12.1 Å². The molecule has 0 amide bonds. The Balaban J connectivity index is 2.64. The zero-order valence-corrected chi connectivity index (χ0v) is 11.3. The molecule has 5 nitrogen and oxygen atoms in total. The third-order valence-electron chi connectivity index (χ3n) is 2.60. The van der Waals surface area contributed by atoms with Gasteiger partial charge in [-0.25, -0.2) is 9.32 Å². The van der Waals surface area contributed by atoms with Crippen molar-refractivity contribution in [3.05, 3.63) is 42.0 Å². The first-order valence-electron chi connectivity index (χ1n) is 5.46. The summed E-state index contributed by atoms with van der Waals surface area (Å²) < 4.78 is 25.9. The normalized spacial score (nSPS) is 11.2. The number of methoxy groups -OCH3 is 1. The van der Waals surface area contributed by atoms with E-state index in [9.17, 15) is 9.36 Å². The van der Waals surface area contributed by atoms with Gasteiger partial charge in [-0.15, -0.1) is 4.52 Å². The molecule has 0 heterocycles. The Morgan fingerprint density at radius 1 is 1.11 bits per heavy atom. The Kier molecular flexibility index (Phi) is 4.10. The molecule has 0 aliphatic rings. The zero-order chi connectivity index (χ0) is 13.8. The topological polar surface area (TPSA) is 61.8 Å². The summed E-state index contributed by atoms with van der Waals surface area (Å²) in [5.74, 6) is -0.354. The summed E-state index contributed by atoms with van der Waals surface area (Å²) >= 11 is 0. The zero-order valence-electron chi connectivity index (χ0n) is 10.5. The van der Waals surface area contributed by atoms with Crippen molar-refractivity contribution in [1.82, 2.24) is 0 Å². The Hall–Kier alpha value is -1.97. The van der Waals surface area contributed by atoms with Crippen LogP contribution in [0.5, 0.6) is 5.75 Å². The number of rotatable bonds is 4. The van der Waals surface area contributed by atoms with Gasteiger partial charge < -0.3 is 4.74 Å². The summed E-state index contributed by atoms with van der Waals surface area (Å²) in [4.78, 5) is 11.7. The highest BCUT2D eigenvalue weighted by Gasteiger charge is 2.26. The molecule has 0 N–H and O–H groups in total. The van der Waals surface area contributed by atoms with Crippen LogP contribution in [0.4, 0.5) is 0 Å².